The number of rotatable bonds is 5. The fraction of sp³-hybridized carbons (Fsp3) is 0.455. The lowest BCUT2D eigenvalue weighted by Gasteiger charge is -2.23. The van der Waals surface area contributed by atoms with Crippen molar-refractivity contribution >= 4 is 11.6 Å². The molecule has 0 aliphatic carbocycles. The van der Waals surface area contributed by atoms with Gasteiger partial charge in [-0.1, -0.05) is 11.6 Å². The first kappa shape index (κ1) is 15.2. The van der Waals surface area contributed by atoms with Crippen LogP contribution in [-0.4, -0.2) is 35.9 Å². The van der Waals surface area contributed by atoms with Gasteiger partial charge in [-0.3, -0.25) is 4.90 Å². The predicted octanol–water partition coefficient (Wildman–Crippen LogP) is 2.84. The van der Waals surface area contributed by atoms with Crippen LogP contribution in [0.2, 0.25) is 5.02 Å². The summed E-state index contributed by atoms with van der Waals surface area (Å²) in [6, 6.07) is 3.51. The Morgan fingerprint density at radius 2 is 1.94 bits per heavy atom. The maximum atomic E-state index is 13.0. The highest BCUT2D eigenvalue weighted by atomic mass is 35.5. The Balaban J connectivity index is 2.79. The second kappa shape index (κ2) is 6.36. The Hall–Kier alpha value is -0.850. The second-order valence-corrected chi connectivity index (χ2v) is 4.19. The zero-order valence-corrected chi connectivity index (χ0v) is 10.1. The first-order valence-corrected chi connectivity index (χ1v) is 5.53. The highest BCUT2D eigenvalue weighted by molar-refractivity contribution is 6.31. The van der Waals surface area contributed by atoms with E-state index in [-0.39, 0.29) is 23.7 Å². The third-order valence-corrected chi connectivity index (χ3v) is 2.59. The molecule has 0 saturated carbocycles. The molecule has 1 N–H and O–H groups in total. The maximum Gasteiger partial charge on any atom is 0.401 e. The van der Waals surface area contributed by atoms with Gasteiger partial charge in [0.25, 0.3) is 0 Å². The summed E-state index contributed by atoms with van der Waals surface area (Å²) in [5.74, 6) is -0.564. The Kier molecular flexibility index (Phi) is 5.37. The first-order chi connectivity index (χ1) is 8.31. The van der Waals surface area contributed by atoms with Gasteiger partial charge in [-0.05, 0) is 23.8 Å². The average Bonchev–Trinajstić information content (AvgIpc) is 2.21. The quantitative estimate of drug-likeness (QED) is 0.841. The Labute approximate surface area is 107 Å². The van der Waals surface area contributed by atoms with E-state index >= 15 is 0 Å². The zero-order chi connectivity index (χ0) is 13.8. The summed E-state index contributed by atoms with van der Waals surface area (Å²) in [5, 5.41) is 8.92. The monoisotopic (exact) mass is 285 g/mol. The minimum atomic E-state index is -4.38. The average molecular weight is 286 g/mol. The van der Waals surface area contributed by atoms with Crippen LogP contribution in [0.4, 0.5) is 17.6 Å². The molecule has 1 aromatic carbocycles. The van der Waals surface area contributed by atoms with Crippen LogP contribution in [0.25, 0.3) is 0 Å². The van der Waals surface area contributed by atoms with Gasteiger partial charge < -0.3 is 5.11 Å². The largest absolute Gasteiger partial charge is 0.401 e. The van der Waals surface area contributed by atoms with E-state index in [4.69, 9.17) is 16.7 Å². The van der Waals surface area contributed by atoms with E-state index in [9.17, 15) is 17.6 Å². The van der Waals surface area contributed by atoms with Gasteiger partial charge in [-0.25, -0.2) is 4.39 Å². The Morgan fingerprint density at radius 3 is 2.50 bits per heavy atom. The fourth-order valence-electron chi connectivity index (χ4n) is 1.51. The fourth-order valence-corrected chi connectivity index (χ4v) is 1.69. The molecule has 0 fully saturated rings. The number of hydrogen-bond acceptors (Lipinski definition) is 2. The molecule has 0 radical (unpaired) electrons. The number of aliphatic hydroxyl groups excluding tert-OH is 1. The zero-order valence-electron chi connectivity index (χ0n) is 9.34. The molecular formula is C11H12ClF4NO. The number of alkyl halides is 3. The molecule has 0 spiro atoms. The van der Waals surface area contributed by atoms with Crippen molar-refractivity contribution in [2.45, 2.75) is 12.7 Å². The lowest BCUT2D eigenvalue weighted by Crippen LogP contribution is -2.35. The number of aliphatic hydroxyl groups is 1. The van der Waals surface area contributed by atoms with Crippen LogP contribution >= 0.6 is 11.6 Å². The van der Waals surface area contributed by atoms with Crippen molar-refractivity contribution in [3.63, 3.8) is 0 Å². The van der Waals surface area contributed by atoms with Crippen molar-refractivity contribution in [3.8, 4) is 0 Å². The summed E-state index contributed by atoms with van der Waals surface area (Å²) in [4.78, 5) is 0.959. The summed E-state index contributed by atoms with van der Waals surface area (Å²) in [6.45, 7) is -1.92. The molecule has 0 aliphatic rings. The smallest absolute Gasteiger partial charge is 0.395 e. The molecule has 0 atom stereocenters. The molecule has 1 aromatic rings. The van der Waals surface area contributed by atoms with Crippen LogP contribution < -0.4 is 0 Å². The molecule has 0 heterocycles. The molecule has 18 heavy (non-hydrogen) atoms. The van der Waals surface area contributed by atoms with Crippen molar-refractivity contribution in [3.05, 3.63) is 34.6 Å². The van der Waals surface area contributed by atoms with E-state index in [1.54, 1.807) is 0 Å². The van der Waals surface area contributed by atoms with Gasteiger partial charge in [0, 0.05) is 18.1 Å². The van der Waals surface area contributed by atoms with Crippen LogP contribution in [0.3, 0.4) is 0 Å². The van der Waals surface area contributed by atoms with E-state index in [0.29, 0.717) is 0 Å². The van der Waals surface area contributed by atoms with Gasteiger partial charge >= 0.3 is 6.18 Å². The lowest BCUT2D eigenvalue weighted by atomic mass is 10.2. The topological polar surface area (TPSA) is 23.5 Å². The van der Waals surface area contributed by atoms with Crippen molar-refractivity contribution in [2.75, 3.05) is 19.7 Å². The van der Waals surface area contributed by atoms with E-state index in [1.165, 1.54) is 6.07 Å². The second-order valence-electron chi connectivity index (χ2n) is 3.79. The number of benzene rings is 1. The SMILES string of the molecule is OCCN(Cc1cc(F)ccc1Cl)CC(F)(F)F. The van der Waals surface area contributed by atoms with E-state index < -0.39 is 25.1 Å². The van der Waals surface area contributed by atoms with Crippen LogP contribution in [-0.2, 0) is 6.54 Å². The van der Waals surface area contributed by atoms with Crippen LogP contribution in [0.5, 0.6) is 0 Å². The molecule has 2 nitrogen and oxygen atoms in total. The van der Waals surface area contributed by atoms with Crippen molar-refractivity contribution in [2.24, 2.45) is 0 Å². The van der Waals surface area contributed by atoms with Crippen LogP contribution in [0.1, 0.15) is 5.56 Å². The van der Waals surface area contributed by atoms with Gasteiger partial charge in [0.05, 0.1) is 13.2 Å². The lowest BCUT2D eigenvalue weighted by molar-refractivity contribution is -0.147. The van der Waals surface area contributed by atoms with Gasteiger partial charge in [-0.2, -0.15) is 13.2 Å². The van der Waals surface area contributed by atoms with Crippen LogP contribution in [0.15, 0.2) is 18.2 Å². The molecule has 102 valence electrons. The normalized spacial score (nSPS) is 12.2. The standard InChI is InChI=1S/C11H12ClF4NO/c12-10-2-1-9(13)5-8(10)6-17(3-4-18)7-11(14,15)16/h1-2,5,18H,3-4,6-7H2. The van der Waals surface area contributed by atoms with Gasteiger partial charge in [0.2, 0.25) is 0 Å². The Morgan fingerprint density at radius 1 is 1.28 bits per heavy atom. The molecule has 0 amide bonds. The molecule has 0 saturated heterocycles. The van der Waals surface area contributed by atoms with E-state index in [0.717, 1.165) is 17.0 Å². The highest BCUT2D eigenvalue weighted by Gasteiger charge is 2.30. The predicted molar refractivity (Wildman–Crippen MR) is 59.8 cm³/mol. The first-order valence-electron chi connectivity index (χ1n) is 5.15. The summed E-state index contributed by atoms with van der Waals surface area (Å²) in [5.41, 5.74) is 0.259. The number of nitrogens with zero attached hydrogens (tertiary/aromatic N) is 1. The third kappa shape index (κ3) is 5.20. The van der Waals surface area contributed by atoms with Gasteiger partial charge in [-0.15, -0.1) is 0 Å². The summed E-state index contributed by atoms with van der Waals surface area (Å²) < 4.78 is 49.8. The van der Waals surface area contributed by atoms with E-state index in [1.807, 2.05) is 0 Å². The molecule has 0 unspecified atom stereocenters. The summed E-state index contributed by atoms with van der Waals surface area (Å²) in [6.07, 6.45) is -4.38. The molecule has 0 aromatic heterocycles. The number of halogens is 5. The van der Waals surface area contributed by atoms with Crippen LogP contribution in [0, 0.1) is 5.82 Å². The molecular weight excluding hydrogens is 274 g/mol. The molecule has 7 heteroatoms. The van der Waals surface area contributed by atoms with Crippen molar-refractivity contribution < 1.29 is 22.7 Å². The molecule has 1 rings (SSSR count). The summed E-state index contributed by atoms with van der Waals surface area (Å²) in [7, 11) is 0. The van der Waals surface area contributed by atoms with Crippen molar-refractivity contribution in [1.82, 2.24) is 4.90 Å². The minimum absolute atomic E-state index is 0.160. The Bertz CT molecular complexity index is 397. The van der Waals surface area contributed by atoms with Crippen molar-refractivity contribution in [1.29, 1.82) is 0 Å². The number of hydrogen-bond donors (Lipinski definition) is 1. The molecule has 0 aliphatic heterocycles. The third-order valence-electron chi connectivity index (χ3n) is 2.22. The minimum Gasteiger partial charge on any atom is -0.395 e. The molecule has 0 bridgehead atoms. The van der Waals surface area contributed by atoms with Gasteiger partial charge in [0.1, 0.15) is 5.82 Å². The summed E-state index contributed by atoms with van der Waals surface area (Å²) >= 11 is 5.77. The highest BCUT2D eigenvalue weighted by Crippen LogP contribution is 2.22. The van der Waals surface area contributed by atoms with E-state index in [2.05, 4.69) is 0 Å². The maximum absolute atomic E-state index is 13.0. The van der Waals surface area contributed by atoms with Gasteiger partial charge in [0.15, 0.2) is 0 Å².